The van der Waals surface area contributed by atoms with E-state index in [1.807, 2.05) is 0 Å². The smallest absolute Gasteiger partial charge is 0.476 e. The van der Waals surface area contributed by atoms with Gasteiger partial charge in [0.15, 0.2) is 29.1 Å². The van der Waals surface area contributed by atoms with Crippen molar-refractivity contribution in [2.45, 2.75) is 50.4 Å². The van der Waals surface area contributed by atoms with E-state index in [9.17, 15) is 9.36 Å². The highest BCUT2D eigenvalue weighted by molar-refractivity contribution is 7.48. The van der Waals surface area contributed by atoms with Gasteiger partial charge in [0.25, 0.3) is 0 Å². The quantitative estimate of drug-likeness (QED) is 0.289. The molecule has 0 radical (unpaired) electrons. The first kappa shape index (κ1) is 27.5. The number of ether oxygens (including phenoxy) is 4. The molecule has 2 N–H and O–H groups in total. The van der Waals surface area contributed by atoms with Crippen LogP contribution in [-0.2, 0) is 32.3 Å². The first-order valence-electron chi connectivity index (χ1n) is 12.3. The topological polar surface area (TPSA) is 168 Å². The number of nitrogen functional groups attached to an aromatic ring is 1. The van der Waals surface area contributed by atoms with Gasteiger partial charge in [0.05, 0.1) is 25.9 Å². The van der Waals surface area contributed by atoms with Crippen molar-refractivity contribution in [1.82, 2.24) is 19.5 Å². The zero-order valence-electron chi connectivity index (χ0n) is 21.2. The van der Waals surface area contributed by atoms with Crippen LogP contribution in [0.15, 0.2) is 24.5 Å². The molecule has 0 aliphatic carbocycles. The molecule has 214 valence electrons. The zero-order valence-corrected chi connectivity index (χ0v) is 23.6. The molecule has 40 heavy (non-hydrogen) atoms. The van der Waals surface area contributed by atoms with Crippen LogP contribution in [0.4, 0.5) is 10.7 Å². The highest BCUT2D eigenvalue weighted by atomic mass is 35.5. The molecular weight excluding hydrogens is 592 g/mol. The minimum absolute atomic E-state index is 0.0184. The second-order valence-corrected chi connectivity index (χ2v) is 11.9. The molecule has 0 bridgehead atoms. The van der Waals surface area contributed by atoms with Gasteiger partial charge in [-0.15, -0.1) is 0 Å². The van der Waals surface area contributed by atoms with Crippen molar-refractivity contribution in [3.63, 3.8) is 0 Å². The van der Waals surface area contributed by atoms with Crippen LogP contribution in [0.2, 0.25) is 10.0 Å². The molecule has 2 aromatic heterocycles. The number of rotatable bonds is 7. The number of imidazole rings is 1. The highest BCUT2D eigenvalue weighted by Gasteiger charge is 2.64. The molecule has 17 heteroatoms. The van der Waals surface area contributed by atoms with Gasteiger partial charge in [0, 0.05) is 16.5 Å². The first-order valence-corrected chi connectivity index (χ1v) is 14.5. The van der Waals surface area contributed by atoms with E-state index in [1.54, 1.807) is 36.6 Å². The van der Waals surface area contributed by atoms with E-state index in [-0.39, 0.29) is 30.7 Å². The summed E-state index contributed by atoms with van der Waals surface area (Å²) in [5.74, 6) is 0.159. The molecule has 0 spiro atoms. The molecule has 0 amide bonds. The summed E-state index contributed by atoms with van der Waals surface area (Å²) in [6, 6.07) is 4.92. The maximum atomic E-state index is 13.4. The number of hydrogen-bond donors (Lipinski definition) is 1. The highest BCUT2D eigenvalue weighted by Crippen LogP contribution is 2.58. The second-order valence-electron chi connectivity index (χ2n) is 9.41. The molecule has 6 rings (SSSR count). The number of carbonyl (C=O) groups excluding carboxylic acids is 1. The Labute approximate surface area is 237 Å². The number of carbonyl (C=O) groups is 1. The number of halogens is 2. The van der Waals surface area contributed by atoms with Gasteiger partial charge < -0.3 is 24.7 Å². The minimum Gasteiger partial charge on any atom is -0.476 e. The van der Waals surface area contributed by atoms with Crippen LogP contribution >= 0.6 is 31.0 Å². The van der Waals surface area contributed by atoms with E-state index >= 15 is 0 Å². The van der Waals surface area contributed by atoms with Crippen LogP contribution in [0.1, 0.15) is 38.2 Å². The number of nitrogens with two attached hydrogens (primary N) is 1. The van der Waals surface area contributed by atoms with E-state index < -0.39 is 44.1 Å². The molecule has 0 unspecified atom stereocenters. The molecule has 0 saturated carbocycles. The molecule has 5 heterocycles. The van der Waals surface area contributed by atoms with E-state index in [2.05, 4.69) is 15.0 Å². The SMILES string of the molecule is CCOc1nc(N)nc2ncn([C@@H]3O[C@H](CO[P@@]4(=O)OCC[C@@H](c5cc(Cl)cc(Cl)c5)O4)[C@H]4OC(=O)O[C@]43C)c12. The largest absolute Gasteiger partial charge is 0.509 e. The first-order chi connectivity index (χ1) is 19.1. The third-order valence-corrected chi connectivity index (χ3v) is 8.62. The van der Waals surface area contributed by atoms with Crippen molar-refractivity contribution in [2.24, 2.45) is 0 Å². The number of fused-ring (bicyclic) bond motifs is 2. The van der Waals surface area contributed by atoms with Crippen molar-refractivity contribution in [1.29, 1.82) is 0 Å². The number of benzene rings is 1. The van der Waals surface area contributed by atoms with E-state index in [0.29, 0.717) is 34.2 Å². The number of anilines is 1. The number of phosphoric acid groups is 1. The van der Waals surface area contributed by atoms with Gasteiger partial charge >= 0.3 is 14.0 Å². The molecule has 3 aliphatic heterocycles. The van der Waals surface area contributed by atoms with Crippen molar-refractivity contribution in [3.05, 3.63) is 40.1 Å². The fraction of sp³-hybridized carbons (Fsp3) is 0.478. The third kappa shape index (κ3) is 4.87. The Morgan fingerprint density at radius 2 is 2.02 bits per heavy atom. The predicted octanol–water partition coefficient (Wildman–Crippen LogP) is 4.61. The molecule has 3 saturated heterocycles. The summed E-state index contributed by atoms with van der Waals surface area (Å²) in [6.45, 7) is 3.52. The summed E-state index contributed by atoms with van der Waals surface area (Å²) >= 11 is 12.2. The predicted molar refractivity (Wildman–Crippen MR) is 139 cm³/mol. The van der Waals surface area contributed by atoms with Crippen molar-refractivity contribution in [2.75, 3.05) is 25.6 Å². The molecule has 3 aromatic rings. The Kier molecular flexibility index (Phi) is 7.06. The number of phosphoric ester groups is 1. The summed E-state index contributed by atoms with van der Waals surface area (Å²) in [5.41, 5.74) is 5.74. The standard InChI is InChI=1S/C23H24Cl2N5O9P/c1-3-33-19-16-18(28-21(26)29-19)27-10-30(16)20-23(2)17(37-22(31)38-23)15(36-20)9-35-40(32)34-5-4-14(39-40)11-6-12(24)8-13(25)7-11/h6-8,10,14-15,17,20H,3-5,9H2,1-2H3,(H2,26,28,29)/t14-,15+,17+,20+,23+,40+/m0/s1. The number of nitrogens with zero attached hydrogens (tertiary/aromatic N) is 4. The minimum atomic E-state index is -4.05. The Hall–Kier alpha value is -2.71. The van der Waals surface area contributed by atoms with Crippen LogP contribution < -0.4 is 10.5 Å². The van der Waals surface area contributed by atoms with E-state index in [1.165, 1.54) is 6.33 Å². The lowest BCUT2D eigenvalue weighted by molar-refractivity contribution is -0.0924. The van der Waals surface area contributed by atoms with Gasteiger partial charge in [-0.25, -0.2) is 14.3 Å². The van der Waals surface area contributed by atoms with Gasteiger partial charge in [0.1, 0.15) is 12.4 Å². The molecule has 3 aliphatic rings. The summed E-state index contributed by atoms with van der Waals surface area (Å²) in [6.07, 6.45) is -2.51. The number of hydrogen-bond acceptors (Lipinski definition) is 13. The van der Waals surface area contributed by atoms with Gasteiger partial charge in [0.2, 0.25) is 11.8 Å². The van der Waals surface area contributed by atoms with Crippen LogP contribution in [0, 0.1) is 0 Å². The number of aromatic nitrogens is 4. The van der Waals surface area contributed by atoms with Gasteiger partial charge in [-0.2, -0.15) is 9.97 Å². The fourth-order valence-electron chi connectivity index (χ4n) is 5.04. The lowest BCUT2D eigenvalue weighted by atomic mass is 9.96. The van der Waals surface area contributed by atoms with Gasteiger partial charge in [-0.05, 0) is 37.6 Å². The van der Waals surface area contributed by atoms with Crippen molar-refractivity contribution in [3.8, 4) is 5.88 Å². The van der Waals surface area contributed by atoms with Crippen LogP contribution in [0.25, 0.3) is 11.2 Å². The lowest BCUT2D eigenvalue weighted by Gasteiger charge is -2.30. The summed E-state index contributed by atoms with van der Waals surface area (Å²) in [5, 5.41) is 0.822. The molecule has 3 fully saturated rings. The maximum absolute atomic E-state index is 13.4. The monoisotopic (exact) mass is 615 g/mol. The summed E-state index contributed by atoms with van der Waals surface area (Å²) in [4.78, 5) is 24.9. The normalized spacial score (nSPS) is 31.6. The maximum Gasteiger partial charge on any atom is 0.509 e. The van der Waals surface area contributed by atoms with E-state index in [0.717, 1.165) is 0 Å². The second kappa shape index (κ2) is 10.3. The van der Waals surface area contributed by atoms with Crippen molar-refractivity contribution >= 4 is 54.3 Å². The van der Waals surface area contributed by atoms with Crippen LogP contribution in [-0.4, -0.2) is 63.3 Å². The summed E-state index contributed by atoms with van der Waals surface area (Å²) in [7, 11) is -4.05. The van der Waals surface area contributed by atoms with Gasteiger partial charge in [-0.1, -0.05) is 23.2 Å². The molecule has 1 aromatic carbocycles. The van der Waals surface area contributed by atoms with Crippen molar-refractivity contribution < 1.29 is 41.9 Å². The Morgan fingerprint density at radius 1 is 1.25 bits per heavy atom. The Bertz CT molecular complexity index is 1510. The average Bonchev–Trinajstić information content (AvgIpc) is 3.51. The fourth-order valence-corrected chi connectivity index (χ4v) is 6.97. The molecular formula is C23H24Cl2N5O9P. The Balaban J connectivity index is 1.25. The third-order valence-electron chi connectivity index (χ3n) is 6.71. The Morgan fingerprint density at radius 3 is 2.77 bits per heavy atom. The van der Waals surface area contributed by atoms with Crippen LogP contribution in [0.5, 0.6) is 5.88 Å². The van der Waals surface area contributed by atoms with Crippen LogP contribution in [0.3, 0.4) is 0 Å². The molecule has 6 atom stereocenters. The van der Waals surface area contributed by atoms with E-state index in [4.69, 9.17) is 61.5 Å². The average molecular weight is 616 g/mol. The zero-order chi connectivity index (χ0) is 28.2. The lowest BCUT2D eigenvalue weighted by Crippen LogP contribution is -2.42. The molecule has 14 nitrogen and oxygen atoms in total. The summed E-state index contributed by atoms with van der Waals surface area (Å²) < 4.78 is 54.7. The van der Waals surface area contributed by atoms with Gasteiger partial charge in [-0.3, -0.25) is 18.1 Å².